The van der Waals surface area contributed by atoms with E-state index in [1.165, 1.54) is 3.57 Å². The second-order valence-corrected chi connectivity index (χ2v) is 14.6. The molecule has 5 aromatic rings. The molecule has 0 fully saturated rings. The summed E-state index contributed by atoms with van der Waals surface area (Å²) in [5.74, 6) is 0.966. The fraction of sp³-hybridized carbons (Fsp3) is 0.0968. The van der Waals surface area contributed by atoms with Crippen LogP contribution in [0.4, 0.5) is 11.4 Å². The normalized spacial score (nSPS) is 13.1. The molecule has 1 amide bonds. The monoisotopic (exact) mass is 627 g/mol. The van der Waals surface area contributed by atoms with Crippen molar-refractivity contribution in [3.05, 3.63) is 107 Å². The Kier molecular flexibility index (Phi) is 6.93. The minimum atomic E-state index is -1.70. The topological polar surface area (TPSA) is 88.5 Å². The average molecular weight is 627 g/mol. The van der Waals surface area contributed by atoms with E-state index in [2.05, 4.69) is 70.0 Å². The van der Waals surface area contributed by atoms with Crippen LogP contribution in [0.25, 0.3) is 22.0 Å². The van der Waals surface area contributed by atoms with Gasteiger partial charge in [0.15, 0.2) is 0 Å². The number of anilines is 1. The number of alkyl halides is 1. The number of pyridine rings is 2. The number of rotatable bonds is 6. The number of carbonyl (C=O) groups is 1. The molecule has 1 aliphatic heterocycles. The molecule has 1 aliphatic rings. The Hall–Kier alpha value is -4.31. The maximum atomic E-state index is 11.9. The van der Waals surface area contributed by atoms with Gasteiger partial charge in [0.2, 0.25) is 0 Å². The van der Waals surface area contributed by atoms with E-state index in [1.54, 1.807) is 25.4 Å². The fourth-order valence-electron chi connectivity index (χ4n) is 4.43. The molecule has 0 spiro atoms. The van der Waals surface area contributed by atoms with Gasteiger partial charge in [-0.1, -0.05) is 0 Å². The van der Waals surface area contributed by atoms with Gasteiger partial charge in [-0.05, 0) is 0 Å². The van der Waals surface area contributed by atoms with E-state index in [1.807, 2.05) is 36.5 Å². The van der Waals surface area contributed by atoms with Crippen molar-refractivity contribution in [2.75, 3.05) is 16.8 Å². The van der Waals surface area contributed by atoms with Gasteiger partial charge in [-0.25, -0.2) is 0 Å². The Morgan fingerprint density at radius 2 is 1.77 bits per heavy atom. The van der Waals surface area contributed by atoms with E-state index in [4.69, 9.17) is 9.73 Å². The van der Waals surface area contributed by atoms with Crippen LogP contribution in [0, 0.1) is 3.57 Å². The number of aromatic nitrogens is 2. The molecule has 3 heterocycles. The van der Waals surface area contributed by atoms with Crippen molar-refractivity contribution in [1.82, 2.24) is 15.3 Å². The Bertz CT molecular complexity index is 1740. The summed E-state index contributed by atoms with van der Waals surface area (Å²) in [6.45, 7) is 2.23. The fourth-order valence-corrected chi connectivity index (χ4v) is 9.27. The van der Waals surface area contributed by atoms with Gasteiger partial charge in [-0.2, -0.15) is 0 Å². The van der Waals surface area contributed by atoms with Gasteiger partial charge in [0, 0.05) is 0 Å². The first-order valence-electron chi connectivity index (χ1n) is 12.6. The molecule has 2 aromatic heterocycles. The molecule has 39 heavy (non-hydrogen) atoms. The average Bonchev–Trinajstić information content (AvgIpc) is 3.32. The van der Waals surface area contributed by atoms with Crippen molar-refractivity contribution in [3.63, 3.8) is 0 Å². The summed E-state index contributed by atoms with van der Waals surface area (Å²) in [5, 5.41) is 7.34. The third kappa shape index (κ3) is 5.20. The van der Waals surface area contributed by atoms with Gasteiger partial charge >= 0.3 is 235 Å². The van der Waals surface area contributed by atoms with E-state index in [9.17, 15) is 4.79 Å². The van der Waals surface area contributed by atoms with Crippen LogP contribution in [0.1, 0.15) is 17.4 Å². The molecule has 8 heteroatoms. The number of carbonyl (C=O) groups excluding carboxylic acids is 1. The van der Waals surface area contributed by atoms with Crippen molar-refractivity contribution in [2.24, 2.45) is 4.99 Å². The van der Waals surface area contributed by atoms with Crippen molar-refractivity contribution in [3.8, 4) is 22.6 Å². The van der Waals surface area contributed by atoms with Gasteiger partial charge in [0.25, 0.3) is 0 Å². The third-order valence-electron chi connectivity index (χ3n) is 6.33. The van der Waals surface area contributed by atoms with Crippen LogP contribution in [-0.2, 0) is 0 Å². The molecule has 0 aliphatic carbocycles. The summed E-state index contributed by atoms with van der Waals surface area (Å²) in [5.41, 5.74) is 5.44. The van der Waals surface area contributed by atoms with Gasteiger partial charge in [-0.3, -0.25) is 0 Å². The minimum absolute atomic E-state index is 0.256. The number of aliphatic imine (C=N–C) groups is 1. The van der Waals surface area contributed by atoms with Crippen LogP contribution in [0.2, 0.25) is 0 Å². The predicted octanol–water partition coefficient (Wildman–Crippen LogP) is 7.26. The van der Waals surface area contributed by atoms with Gasteiger partial charge in [-0.15, -0.1) is 0 Å². The Morgan fingerprint density at radius 3 is 2.64 bits per heavy atom. The predicted molar refractivity (Wildman–Crippen MR) is 165 cm³/mol. The number of benzene rings is 3. The number of amides is 1. The summed E-state index contributed by atoms with van der Waals surface area (Å²) in [4.78, 5) is 25.7. The van der Waals surface area contributed by atoms with E-state index in [-0.39, 0.29) is 5.91 Å². The molecular weight excluding hydrogens is 601 g/mol. The zero-order valence-electron chi connectivity index (χ0n) is 21.5. The first-order chi connectivity index (χ1) is 19.1. The van der Waals surface area contributed by atoms with Crippen molar-refractivity contribution < 1.29 is 9.53 Å². The van der Waals surface area contributed by atoms with E-state index in [0.29, 0.717) is 17.2 Å². The summed E-state index contributed by atoms with van der Waals surface area (Å²) in [6, 6.07) is 28.2. The molecule has 194 valence electrons. The zero-order valence-corrected chi connectivity index (χ0v) is 23.6. The van der Waals surface area contributed by atoms with E-state index >= 15 is 0 Å². The SMILES string of the molecule is CCI1C(Nc2cccc(-c3cnc4ccccc4c3)c2)=Nc2cc(Oc3ccnc(C(=O)NC)c3)ccc21. The number of ether oxygens (including phenoxy) is 1. The second-order valence-electron chi connectivity index (χ2n) is 8.83. The molecule has 0 saturated heterocycles. The van der Waals surface area contributed by atoms with E-state index < -0.39 is 19.8 Å². The second kappa shape index (κ2) is 10.8. The third-order valence-corrected chi connectivity index (χ3v) is 11.9. The first-order valence-corrected chi connectivity index (χ1v) is 16.3. The van der Waals surface area contributed by atoms with Crippen LogP contribution in [0.5, 0.6) is 11.5 Å². The van der Waals surface area contributed by atoms with Crippen LogP contribution >= 0.6 is 19.8 Å². The maximum absolute atomic E-state index is 11.9. The number of halogens is 1. The number of hydrogen-bond acceptors (Lipinski definition) is 6. The number of para-hydroxylation sites is 1. The van der Waals surface area contributed by atoms with Gasteiger partial charge in [0.1, 0.15) is 0 Å². The Morgan fingerprint density at radius 1 is 0.897 bits per heavy atom. The molecule has 0 saturated carbocycles. The summed E-state index contributed by atoms with van der Waals surface area (Å²) >= 11 is -1.70. The number of hydrogen-bond donors (Lipinski definition) is 2. The Balaban J connectivity index is 1.24. The van der Waals surface area contributed by atoms with Crippen LogP contribution in [-0.4, -0.2) is 31.2 Å². The first kappa shape index (κ1) is 25.0. The van der Waals surface area contributed by atoms with Crippen LogP contribution in [0.3, 0.4) is 0 Å². The van der Waals surface area contributed by atoms with Crippen molar-refractivity contribution in [1.29, 1.82) is 0 Å². The number of nitrogens with one attached hydrogen (secondary N) is 2. The molecule has 0 atom stereocenters. The Labute approximate surface area is 233 Å². The summed E-state index contributed by atoms with van der Waals surface area (Å²) in [6.07, 6.45) is 3.49. The molecule has 7 nitrogen and oxygen atoms in total. The molecule has 0 bridgehead atoms. The summed E-state index contributed by atoms with van der Waals surface area (Å²) in [7, 11) is 1.58. The van der Waals surface area contributed by atoms with Gasteiger partial charge in [0.05, 0.1) is 0 Å². The molecule has 3 aromatic carbocycles. The molecular formula is C31H26IN5O2. The van der Waals surface area contributed by atoms with Crippen molar-refractivity contribution in [2.45, 2.75) is 6.92 Å². The van der Waals surface area contributed by atoms with E-state index in [0.717, 1.165) is 41.7 Å². The standard InChI is InChI=1S/C31H26IN5O2/c1-3-32-26-12-11-24(39-25-13-14-34-29(18-25)30(38)33-2)17-28(26)37-31(32)36-23-9-6-8-20(16-23)22-15-21-7-4-5-10-27(21)35-19-22/h4-19H,3H2,1-2H3,(H,33,38)(H,36,37). The van der Waals surface area contributed by atoms with Gasteiger partial charge < -0.3 is 0 Å². The number of nitrogens with zero attached hydrogens (tertiary/aromatic N) is 3. The quantitative estimate of drug-likeness (QED) is 0.118. The molecule has 2 N–H and O–H groups in total. The van der Waals surface area contributed by atoms with Crippen LogP contribution in [0.15, 0.2) is 102 Å². The number of fused-ring (bicyclic) bond motifs is 2. The number of amidine groups is 1. The zero-order chi connectivity index (χ0) is 26.8. The molecule has 0 radical (unpaired) electrons. The van der Waals surface area contributed by atoms with Crippen molar-refractivity contribution >= 4 is 51.8 Å². The summed E-state index contributed by atoms with van der Waals surface area (Å²) < 4.78 is 9.50. The van der Waals surface area contributed by atoms with Crippen LogP contribution < -0.4 is 15.4 Å². The molecule has 0 unspecified atom stereocenters. The molecule has 6 rings (SSSR count).